The summed E-state index contributed by atoms with van der Waals surface area (Å²) in [7, 11) is 0. The van der Waals surface area contributed by atoms with Crippen LogP contribution in [0.25, 0.3) is 10.9 Å². The lowest BCUT2D eigenvalue weighted by atomic mass is 10.0. The third-order valence-corrected chi connectivity index (χ3v) is 5.73. The van der Waals surface area contributed by atoms with Crippen LogP contribution in [0.1, 0.15) is 19.4 Å². The number of aliphatic hydroxyl groups excluding tert-OH is 1. The second-order valence-corrected chi connectivity index (χ2v) is 8.59. The lowest BCUT2D eigenvalue weighted by Crippen LogP contribution is -2.58. The van der Waals surface area contributed by atoms with Crippen molar-refractivity contribution < 1.29 is 29.4 Å². The molecule has 0 bridgehead atoms. The fraction of sp³-hybridized carbons (Fsp3) is 0.455. The van der Waals surface area contributed by atoms with E-state index in [1.807, 2.05) is 24.3 Å². The molecule has 186 valence electrons. The normalized spacial score (nSPS) is 14.8. The van der Waals surface area contributed by atoms with Gasteiger partial charge in [0.1, 0.15) is 18.1 Å². The number of hydrogen-bond donors (Lipinski definition) is 8. The Kier molecular flexibility index (Phi) is 9.90. The number of aliphatic carboxylic acids is 1. The number of hydrogen-bond acceptors (Lipinski definition) is 7. The molecule has 0 aliphatic carbocycles. The van der Waals surface area contributed by atoms with Gasteiger partial charge in [0, 0.05) is 29.3 Å². The zero-order valence-corrected chi connectivity index (χ0v) is 19.8. The summed E-state index contributed by atoms with van der Waals surface area (Å²) < 4.78 is 0. The van der Waals surface area contributed by atoms with Crippen LogP contribution in [0.3, 0.4) is 0 Å². The number of nitrogens with two attached hydrogens (primary N) is 1. The molecule has 0 saturated carbocycles. The number of para-hydroxylation sites is 1. The van der Waals surface area contributed by atoms with Gasteiger partial charge in [0.25, 0.3) is 0 Å². The number of carbonyl (C=O) groups excluding carboxylic acids is 3. The molecule has 1 aromatic carbocycles. The van der Waals surface area contributed by atoms with E-state index in [4.69, 9.17) is 15.9 Å². The second kappa shape index (κ2) is 12.4. The van der Waals surface area contributed by atoms with Gasteiger partial charge in [0.05, 0.1) is 12.6 Å². The summed E-state index contributed by atoms with van der Waals surface area (Å²) in [5.74, 6) is -3.76. The Morgan fingerprint density at radius 1 is 1.00 bits per heavy atom. The van der Waals surface area contributed by atoms with E-state index in [9.17, 15) is 19.2 Å². The number of rotatable bonds is 12. The number of benzene rings is 1. The van der Waals surface area contributed by atoms with E-state index in [1.165, 1.54) is 0 Å². The van der Waals surface area contributed by atoms with E-state index < -0.39 is 54.5 Å². The number of carboxylic acids is 1. The van der Waals surface area contributed by atoms with Gasteiger partial charge in [-0.25, -0.2) is 4.79 Å². The predicted molar refractivity (Wildman–Crippen MR) is 129 cm³/mol. The van der Waals surface area contributed by atoms with Gasteiger partial charge in [-0.1, -0.05) is 32.0 Å². The number of amides is 3. The summed E-state index contributed by atoms with van der Waals surface area (Å²) in [6.07, 6.45) is 1.85. The van der Waals surface area contributed by atoms with Crippen LogP contribution >= 0.6 is 12.6 Å². The first kappa shape index (κ1) is 27.2. The largest absolute Gasteiger partial charge is 0.480 e. The highest BCUT2D eigenvalue weighted by Gasteiger charge is 2.30. The number of thiol groups is 1. The fourth-order valence-corrected chi connectivity index (χ4v) is 3.48. The van der Waals surface area contributed by atoms with Crippen molar-refractivity contribution in [3.8, 4) is 0 Å². The average Bonchev–Trinajstić information content (AvgIpc) is 3.22. The standard InChI is InChI=1S/C22H31N5O6S/c1-11(2)18(23)21(31)25-15(7-12-8-24-14-6-4-3-5-13(12)14)19(29)27-17(10-34)20(30)26-16(9-28)22(32)33/h3-6,8,11,15-18,24,28,34H,7,9-10,23H2,1-2H3,(H,25,31)(H,26,30)(H,27,29)(H,32,33)/t15-,16-,17-,18-/m0/s1. The lowest BCUT2D eigenvalue weighted by Gasteiger charge is -2.25. The zero-order chi connectivity index (χ0) is 25.4. The molecule has 0 aliphatic heterocycles. The molecule has 2 aromatic rings. The Balaban J connectivity index is 2.24. The van der Waals surface area contributed by atoms with Crippen molar-refractivity contribution in [2.24, 2.45) is 11.7 Å². The molecule has 11 nitrogen and oxygen atoms in total. The molecule has 0 unspecified atom stereocenters. The van der Waals surface area contributed by atoms with Crippen LogP contribution in [0.15, 0.2) is 30.5 Å². The summed E-state index contributed by atoms with van der Waals surface area (Å²) in [4.78, 5) is 52.4. The second-order valence-electron chi connectivity index (χ2n) is 8.22. The molecule has 1 heterocycles. The molecular formula is C22H31N5O6S. The maximum absolute atomic E-state index is 13.1. The van der Waals surface area contributed by atoms with E-state index in [0.717, 1.165) is 16.5 Å². The summed E-state index contributed by atoms with van der Waals surface area (Å²) in [5, 5.41) is 26.3. The minimum atomic E-state index is -1.53. The Morgan fingerprint density at radius 3 is 2.18 bits per heavy atom. The summed E-state index contributed by atoms with van der Waals surface area (Å²) in [5.41, 5.74) is 7.57. The molecule has 4 atom stereocenters. The Morgan fingerprint density at radius 2 is 1.59 bits per heavy atom. The molecule has 0 spiro atoms. The van der Waals surface area contributed by atoms with Gasteiger partial charge in [-0.05, 0) is 17.5 Å². The van der Waals surface area contributed by atoms with Crippen LogP contribution in [0.4, 0.5) is 0 Å². The topological polar surface area (TPSA) is 187 Å². The molecule has 8 N–H and O–H groups in total. The molecule has 0 aliphatic rings. The molecule has 3 amide bonds. The highest BCUT2D eigenvalue weighted by molar-refractivity contribution is 7.80. The number of aromatic amines is 1. The van der Waals surface area contributed by atoms with Crippen LogP contribution in [-0.2, 0) is 25.6 Å². The van der Waals surface area contributed by atoms with E-state index in [1.54, 1.807) is 20.0 Å². The quantitative estimate of drug-likeness (QED) is 0.177. The number of H-pyrrole nitrogens is 1. The van der Waals surface area contributed by atoms with Gasteiger partial charge < -0.3 is 36.9 Å². The van der Waals surface area contributed by atoms with Crippen molar-refractivity contribution in [1.29, 1.82) is 0 Å². The van der Waals surface area contributed by atoms with Crippen LogP contribution in [0.5, 0.6) is 0 Å². The number of fused-ring (bicyclic) bond motifs is 1. The fourth-order valence-electron chi connectivity index (χ4n) is 3.22. The van der Waals surface area contributed by atoms with Crippen molar-refractivity contribution in [2.75, 3.05) is 12.4 Å². The molecule has 2 rings (SSSR count). The molecule has 0 fully saturated rings. The molecule has 0 radical (unpaired) electrons. The molecule has 34 heavy (non-hydrogen) atoms. The highest BCUT2D eigenvalue weighted by Crippen LogP contribution is 2.19. The van der Waals surface area contributed by atoms with Gasteiger partial charge in [-0.2, -0.15) is 12.6 Å². The lowest BCUT2D eigenvalue weighted by molar-refractivity contribution is -0.143. The molecule has 0 saturated heterocycles. The average molecular weight is 494 g/mol. The first-order valence-electron chi connectivity index (χ1n) is 10.7. The van der Waals surface area contributed by atoms with Gasteiger partial charge in [0.2, 0.25) is 17.7 Å². The van der Waals surface area contributed by atoms with Gasteiger partial charge in [-0.15, -0.1) is 0 Å². The predicted octanol–water partition coefficient (Wildman–Crippen LogP) is -0.845. The van der Waals surface area contributed by atoms with E-state index in [0.29, 0.717) is 0 Å². The van der Waals surface area contributed by atoms with Crippen molar-refractivity contribution in [2.45, 2.75) is 44.4 Å². The Bertz CT molecular complexity index is 1030. The minimum Gasteiger partial charge on any atom is -0.480 e. The van der Waals surface area contributed by atoms with Crippen molar-refractivity contribution in [1.82, 2.24) is 20.9 Å². The Labute approximate surface area is 202 Å². The summed E-state index contributed by atoms with van der Waals surface area (Å²) >= 11 is 4.07. The first-order valence-corrected chi connectivity index (χ1v) is 11.4. The van der Waals surface area contributed by atoms with Gasteiger partial charge in [-0.3, -0.25) is 14.4 Å². The number of aromatic nitrogens is 1. The molecule has 1 aromatic heterocycles. The third kappa shape index (κ3) is 6.95. The smallest absolute Gasteiger partial charge is 0.328 e. The molecule has 12 heteroatoms. The summed E-state index contributed by atoms with van der Waals surface area (Å²) in [6.45, 7) is 2.74. The minimum absolute atomic E-state index is 0.113. The van der Waals surface area contributed by atoms with E-state index in [2.05, 4.69) is 33.6 Å². The first-order chi connectivity index (χ1) is 16.1. The monoisotopic (exact) mass is 493 g/mol. The summed E-state index contributed by atoms with van der Waals surface area (Å²) in [6, 6.07) is 2.82. The van der Waals surface area contributed by atoms with E-state index in [-0.39, 0.29) is 18.1 Å². The Hall–Kier alpha value is -3.09. The van der Waals surface area contributed by atoms with Crippen LogP contribution in [0, 0.1) is 5.92 Å². The van der Waals surface area contributed by atoms with Gasteiger partial charge >= 0.3 is 5.97 Å². The number of nitrogens with one attached hydrogen (secondary N) is 4. The maximum atomic E-state index is 13.1. The maximum Gasteiger partial charge on any atom is 0.328 e. The number of aliphatic hydroxyl groups is 1. The van der Waals surface area contributed by atoms with Crippen molar-refractivity contribution in [3.63, 3.8) is 0 Å². The molecular weight excluding hydrogens is 462 g/mol. The SMILES string of the molecule is CC(C)[C@H](N)C(=O)N[C@@H](Cc1c[nH]c2ccccc12)C(=O)N[C@@H](CS)C(=O)N[C@@H](CO)C(=O)O. The van der Waals surface area contributed by atoms with Crippen molar-refractivity contribution in [3.05, 3.63) is 36.0 Å². The number of carbonyl (C=O) groups is 4. The van der Waals surface area contributed by atoms with Crippen LogP contribution < -0.4 is 21.7 Å². The number of carboxylic acid groups (broad SMARTS) is 1. The van der Waals surface area contributed by atoms with Crippen molar-refractivity contribution >= 4 is 47.2 Å². The van der Waals surface area contributed by atoms with Crippen LogP contribution in [-0.4, -0.2) is 75.4 Å². The zero-order valence-electron chi connectivity index (χ0n) is 18.9. The highest BCUT2D eigenvalue weighted by atomic mass is 32.1. The third-order valence-electron chi connectivity index (χ3n) is 5.37. The van der Waals surface area contributed by atoms with Gasteiger partial charge in [0.15, 0.2) is 0 Å². The van der Waals surface area contributed by atoms with E-state index >= 15 is 0 Å². The van der Waals surface area contributed by atoms with Crippen LogP contribution in [0.2, 0.25) is 0 Å².